The van der Waals surface area contributed by atoms with Crippen molar-refractivity contribution in [3.63, 3.8) is 0 Å². The van der Waals surface area contributed by atoms with Crippen LogP contribution in [0.1, 0.15) is 37.7 Å². The van der Waals surface area contributed by atoms with Crippen LogP contribution >= 0.6 is 0 Å². The molecule has 0 aliphatic carbocycles. The van der Waals surface area contributed by atoms with Crippen LogP contribution in [0.25, 0.3) is 0 Å². The first-order valence-electron chi connectivity index (χ1n) is 7.79. The van der Waals surface area contributed by atoms with Gasteiger partial charge in [0.05, 0.1) is 0 Å². The second-order valence-electron chi connectivity index (χ2n) is 5.80. The average molecular weight is 260 g/mol. The molecule has 2 nitrogen and oxygen atoms in total. The molecule has 19 heavy (non-hydrogen) atoms. The van der Waals surface area contributed by atoms with Gasteiger partial charge in [0, 0.05) is 6.54 Å². The second-order valence-corrected chi connectivity index (χ2v) is 5.80. The van der Waals surface area contributed by atoms with Crippen molar-refractivity contribution in [1.29, 1.82) is 0 Å². The van der Waals surface area contributed by atoms with Crippen LogP contribution in [0.2, 0.25) is 0 Å². The molecule has 2 heteroatoms. The van der Waals surface area contributed by atoms with Gasteiger partial charge in [0.1, 0.15) is 0 Å². The first kappa shape index (κ1) is 14.5. The summed E-state index contributed by atoms with van der Waals surface area (Å²) >= 11 is 0. The zero-order valence-corrected chi connectivity index (χ0v) is 12.3. The van der Waals surface area contributed by atoms with Gasteiger partial charge in [0.15, 0.2) is 0 Å². The van der Waals surface area contributed by atoms with Crippen LogP contribution in [-0.2, 0) is 6.54 Å². The number of rotatable bonds is 7. The molecule has 0 atom stereocenters. The van der Waals surface area contributed by atoms with Gasteiger partial charge >= 0.3 is 0 Å². The molecule has 0 spiro atoms. The van der Waals surface area contributed by atoms with Gasteiger partial charge in [-0.25, -0.2) is 0 Å². The fraction of sp³-hybridized carbons (Fsp3) is 0.647. The third kappa shape index (κ3) is 5.33. The van der Waals surface area contributed by atoms with E-state index in [2.05, 4.69) is 40.5 Å². The summed E-state index contributed by atoms with van der Waals surface area (Å²) in [5, 5.41) is 3.23. The Balaban J connectivity index is 1.62. The second kappa shape index (κ2) is 8.34. The van der Waals surface area contributed by atoms with E-state index in [4.69, 9.17) is 0 Å². The molecule has 1 aliphatic rings. The molecule has 1 aliphatic heterocycles. The number of hydrogen-bond donors (Lipinski definition) is 1. The molecule has 0 saturated carbocycles. The van der Waals surface area contributed by atoms with Crippen LogP contribution in [0.15, 0.2) is 30.3 Å². The van der Waals surface area contributed by atoms with Crippen molar-refractivity contribution >= 4 is 0 Å². The molecular formula is C17H28N2. The van der Waals surface area contributed by atoms with Gasteiger partial charge in [-0.2, -0.15) is 0 Å². The summed E-state index contributed by atoms with van der Waals surface area (Å²) in [6, 6.07) is 10.9. The summed E-state index contributed by atoms with van der Waals surface area (Å²) in [5.41, 5.74) is 1.45. The Bertz CT molecular complexity index is 328. The van der Waals surface area contributed by atoms with E-state index in [0.29, 0.717) is 0 Å². The van der Waals surface area contributed by atoms with Crippen LogP contribution < -0.4 is 5.32 Å². The first-order chi connectivity index (χ1) is 9.38. The minimum atomic E-state index is 0.976. The van der Waals surface area contributed by atoms with Gasteiger partial charge in [-0.3, -0.25) is 4.90 Å². The van der Waals surface area contributed by atoms with E-state index in [1.165, 1.54) is 57.3 Å². The smallest absolute Gasteiger partial charge is 0.0233 e. The fourth-order valence-electron chi connectivity index (χ4n) is 3.01. The molecule has 0 bridgehead atoms. The number of piperidine rings is 1. The Morgan fingerprint density at radius 3 is 2.53 bits per heavy atom. The normalized spacial score (nSPS) is 17.7. The van der Waals surface area contributed by atoms with Gasteiger partial charge in [0.25, 0.3) is 0 Å². The van der Waals surface area contributed by atoms with Crippen molar-refractivity contribution in [1.82, 2.24) is 10.2 Å². The minimum absolute atomic E-state index is 0.976. The average Bonchev–Trinajstić information content (AvgIpc) is 2.46. The Labute approximate surface area is 118 Å². The van der Waals surface area contributed by atoms with Gasteiger partial charge in [0.2, 0.25) is 0 Å². The van der Waals surface area contributed by atoms with Crippen molar-refractivity contribution in [3.8, 4) is 0 Å². The summed E-state index contributed by atoms with van der Waals surface area (Å²) in [4.78, 5) is 2.61. The quantitative estimate of drug-likeness (QED) is 0.757. The lowest BCUT2D eigenvalue weighted by molar-refractivity contribution is 0.170. The Hall–Kier alpha value is -0.860. The molecule has 1 saturated heterocycles. The van der Waals surface area contributed by atoms with E-state index < -0.39 is 0 Å². The Morgan fingerprint density at radius 1 is 1.11 bits per heavy atom. The monoisotopic (exact) mass is 260 g/mol. The maximum Gasteiger partial charge on any atom is 0.0233 e. The Kier molecular flexibility index (Phi) is 6.38. The molecule has 1 N–H and O–H groups in total. The van der Waals surface area contributed by atoms with E-state index in [-0.39, 0.29) is 0 Å². The molecule has 2 rings (SSSR count). The fourth-order valence-corrected chi connectivity index (χ4v) is 3.01. The molecule has 1 aromatic carbocycles. The number of hydrogen-bond acceptors (Lipinski definition) is 2. The lowest BCUT2D eigenvalue weighted by Crippen LogP contribution is -2.33. The molecule has 0 unspecified atom stereocenters. The number of benzene rings is 1. The van der Waals surface area contributed by atoms with E-state index in [1.54, 1.807) is 0 Å². The standard InChI is InChI=1S/C17H28N2/c1-18-12-6-5-7-16-10-13-19(14-11-16)15-17-8-3-2-4-9-17/h2-4,8-9,16,18H,5-7,10-15H2,1H3. The first-order valence-corrected chi connectivity index (χ1v) is 7.79. The lowest BCUT2D eigenvalue weighted by Gasteiger charge is -2.32. The van der Waals surface area contributed by atoms with E-state index >= 15 is 0 Å². The highest BCUT2D eigenvalue weighted by Crippen LogP contribution is 2.23. The SMILES string of the molecule is CNCCCCC1CCN(Cc2ccccc2)CC1. The summed E-state index contributed by atoms with van der Waals surface area (Å²) in [6.45, 7) is 4.87. The highest BCUT2D eigenvalue weighted by Gasteiger charge is 2.18. The molecule has 0 radical (unpaired) electrons. The van der Waals surface area contributed by atoms with E-state index in [0.717, 1.165) is 12.5 Å². The zero-order chi connectivity index (χ0) is 13.3. The Morgan fingerprint density at radius 2 is 1.84 bits per heavy atom. The van der Waals surface area contributed by atoms with Crippen molar-refractivity contribution < 1.29 is 0 Å². The molecule has 1 heterocycles. The topological polar surface area (TPSA) is 15.3 Å². The summed E-state index contributed by atoms with van der Waals surface area (Å²) in [6.07, 6.45) is 6.95. The lowest BCUT2D eigenvalue weighted by atomic mass is 9.91. The third-order valence-corrected chi connectivity index (χ3v) is 4.25. The van der Waals surface area contributed by atoms with Crippen molar-refractivity contribution in [2.24, 2.45) is 5.92 Å². The van der Waals surface area contributed by atoms with Crippen LogP contribution in [0.4, 0.5) is 0 Å². The molecule has 1 aromatic rings. The molecular weight excluding hydrogens is 232 g/mol. The number of likely N-dealkylation sites (tertiary alicyclic amines) is 1. The molecule has 106 valence electrons. The predicted molar refractivity (Wildman–Crippen MR) is 82.2 cm³/mol. The molecule has 0 amide bonds. The third-order valence-electron chi connectivity index (χ3n) is 4.25. The van der Waals surface area contributed by atoms with Crippen LogP contribution in [0.5, 0.6) is 0 Å². The summed E-state index contributed by atoms with van der Waals surface area (Å²) in [7, 11) is 2.04. The molecule has 1 fully saturated rings. The van der Waals surface area contributed by atoms with Crippen molar-refractivity contribution in [2.45, 2.75) is 38.6 Å². The van der Waals surface area contributed by atoms with Gasteiger partial charge in [-0.05, 0) is 57.4 Å². The highest BCUT2D eigenvalue weighted by molar-refractivity contribution is 5.14. The van der Waals surface area contributed by atoms with Gasteiger partial charge in [-0.1, -0.05) is 43.2 Å². The maximum absolute atomic E-state index is 3.23. The maximum atomic E-state index is 3.23. The van der Waals surface area contributed by atoms with Crippen molar-refractivity contribution in [3.05, 3.63) is 35.9 Å². The van der Waals surface area contributed by atoms with E-state index in [1.807, 2.05) is 7.05 Å². The number of nitrogens with one attached hydrogen (secondary N) is 1. The van der Waals surface area contributed by atoms with E-state index in [9.17, 15) is 0 Å². The predicted octanol–water partition coefficient (Wildman–Crippen LogP) is 3.29. The minimum Gasteiger partial charge on any atom is -0.320 e. The highest BCUT2D eigenvalue weighted by atomic mass is 15.1. The van der Waals surface area contributed by atoms with Crippen LogP contribution in [0.3, 0.4) is 0 Å². The number of nitrogens with zero attached hydrogens (tertiary/aromatic N) is 1. The summed E-state index contributed by atoms with van der Waals surface area (Å²) < 4.78 is 0. The molecule has 0 aromatic heterocycles. The summed E-state index contributed by atoms with van der Waals surface area (Å²) in [5.74, 6) is 0.976. The van der Waals surface area contributed by atoms with Crippen LogP contribution in [0, 0.1) is 5.92 Å². The largest absolute Gasteiger partial charge is 0.320 e. The van der Waals surface area contributed by atoms with Gasteiger partial charge < -0.3 is 5.32 Å². The van der Waals surface area contributed by atoms with Gasteiger partial charge in [-0.15, -0.1) is 0 Å². The van der Waals surface area contributed by atoms with Crippen LogP contribution in [-0.4, -0.2) is 31.6 Å². The van der Waals surface area contributed by atoms with Crippen molar-refractivity contribution in [2.75, 3.05) is 26.7 Å². The zero-order valence-electron chi connectivity index (χ0n) is 12.3. The number of unbranched alkanes of at least 4 members (excludes halogenated alkanes) is 1.